The molecule has 1 aromatic carbocycles. The first kappa shape index (κ1) is 18.4. The molecule has 1 amide bonds. The number of hydrogen-bond acceptors (Lipinski definition) is 3. The van der Waals surface area contributed by atoms with E-state index in [0.29, 0.717) is 6.54 Å². The van der Waals surface area contributed by atoms with Gasteiger partial charge in [0.05, 0.1) is 5.56 Å². The Bertz CT molecular complexity index is 651. The molecular formula is C13H16BrClFNO3S. The summed E-state index contributed by atoms with van der Waals surface area (Å²) in [5, 5.41) is 0. The molecule has 1 unspecified atom stereocenters. The van der Waals surface area contributed by atoms with Gasteiger partial charge in [0.25, 0.3) is 15.0 Å². The van der Waals surface area contributed by atoms with Gasteiger partial charge >= 0.3 is 0 Å². The van der Waals surface area contributed by atoms with Gasteiger partial charge in [0.15, 0.2) is 5.82 Å². The molecule has 118 valence electrons. The standard InChI is InChI=1S/C13H16BrClFNO3S/c1-4-8(2)7-17(3)13(18)10-5-9(14)6-11(12(10)16)21(15,19)20/h5-6,8H,4,7H2,1-3H3. The minimum atomic E-state index is -4.27. The molecule has 1 rings (SSSR count). The van der Waals surface area contributed by atoms with Crippen molar-refractivity contribution >= 4 is 41.6 Å². The van der Waals surface area contributed by atoms with Crippen LogP contribution in [0.15, 0.2) is 21.5 Å². The lowest BCUT2D eigenvalue weighted by Crippen LogP contribution is -2.31. The van der Waals surface area contributed by atoms with E-state index < -0.39 is 25.7 Å². The fourth-order valence-electron chi connectivity index (χ4n) is 1.78. The molecule has 1 aromatic rings. The summed E-state index contributed by atoms with van der Waals surface area (Å²) in [5.74, 6) is -1.46. The van der Waals surface area contributed by atoms with Crippen molar-refractivity contribution in [3.8, 4) is 0 Å². The number of carbonyl (C=O) groups excluding carboxylic acids is 1. The van der Waals surface area contributed by atoms with Gasteiger partial charge in [0.2, 0.25) is 0 Å². The maximum atomic E-state index is 14.2. The molecule has 8 heteroatoms. The summed E-state index contributed by atoms with van der Waals surface area (Å²) in [4.78, 5) is 12.9. The SMILES string of the molecule is CCC(C)CN(C)C(=O)c1cc(Br)cc(S(=O)(=O)Cl)c1F. The lowest BCUT2D eigenvalue weighted by atomic mass is 10.1. The van der Waals surface area contributed by atoms with Crippen LogP contribution in [-0.4, -0.2) is 32.8 Å². The van der Waals surface area contributed by atoms with Gasteiger partial charge < -0.3 is 4.90 Å². The topological polar surface area (TPSA) is 54.5 Å². The maximum Gasteiger partial charge on any atom is 0.264 e. The van der Waals surface area contributed by atoms with E-state index in [1.165, 1.54) is 11.0 Å². The van der Waals surface area contributed by atoms with E-state index in [2.05, 4.69) is 15.9 Å². The van der Waals surface area contributed by atoms with Gasteiger partial charge in [-0.3, -0.25) is 4.79 Å². The van der Waals surface area contributed by atoms with Crippen LogP contribution in [0, 0.1) is 11.7 Å². The van der Waals surface area contributed by atoms with Crippen molar-refractivity contribution in [2.75, 3.05) is 13.6 Å². The quantitative estimate of drug-likeness (QED) is 0.709. The number of amides is 1. The summed E-state index contributed by atoms with van der Waals surface area (Å²) in [6.07, 6.45) is 0.875. The second-order valence-corrected chi connectivity index (χ2v) is 8.35. The van der Waals surface area contributed by atoms with Crippen LogP contribution in [0.25, 0.3) is 0 Å². The Morgan fingerprint density at radius 3 is 2.52 bits per heavy atom. The van der Waals surface area contributed by atoms with Gasteiger partial charge in [0.1, 0.15) is 4.90 Å². The fourth-order valence-corrected chi connectivity index (χ4v) is 3.32. The molecule has 0 saturated heterocycles. The molecule has 0 aliphatic heterocycles. The normalized spacial score (nSPS) is 13.0. The second kappa shape index (κ2) is 7.07. The molecule has 0 fully saturated rings. The van der Waals surface area contributed by atoms with E-state index in [0.717, 1.165) is 12.5 Å². The molecule has 4 nitrogen and oxygen atoms in total. The van der Waals surface area contributed by atoms with Crippen LogP contribution in [0.2, 0.25) is 0 Å². The van der Waals surface area contributed by atoms with Gasteiger partial charge in [-0.2, -0.15) is 0 Å². The highest BCUT2D eigenvalue weighted by Crippen LogP contribution is 2.27. The monoisotopic (exact) mass is 399 g/mol. The van der Waals surface area contributed by atoms with Crippen molar-refractivity contribution in [2.24, 2.45) is 5.92 Å². The van der Waals surface area contributed by atoms with Gasteiger partial charge in [-0.05, 0) is 18.1 Å². The van der Waals surface area contributed by atoms with E-state index in [1.54, 1.807) is 7.05 Å². The minimum absolute atomic E-state index is 0.255. The molecule has 0 aliphatic rings. The van der Waals surface area contributed by atoms with E-state index in [-0.39, 0.29) is 16.0 Å². The molecule has 1 atom stereocenters. The zero-order chi connectivity index (χ0) is 16.4. The molecule has 0 aromatic heterocycles. The number of halogens is 3. The third-order valence-electron chi connectivity index (χ3n) is 3.13. The summed E-state index contributed by atoms with van der Waals surface area (Å²) in [7, 11) is 2.46. The maximum absolute atomic E-state index is 14.2. The predicted octanol–water partition coefficient (Wildman–Crippen LogP) is 3.63. The number of benzene rings is 1. The van der Waals surface area contributed by atoms with Crippen molar-refractivity contribution < 1.29 is 17.6 Å². The van der Waals surface area contributed by atoms with Crippen molar-refractivity contribution in [3.05, 3.63) is 28.0 Å². The van der Waals surface area contributed by atoms with Crippen molar-refractivity contribution in [2.45, 2.75) is 25.2 Å². The van der Waals surface area contributed by atoms with Gasteiger partial charge in [-0.25, -0.2) is 12.8 Å². The summed E-state index contributed by atoms with van der Waals surface area (Å²) in [6.45, 7) is 4.40. The first-order valence-corrected chi connectivity index (χ1v) is 9.37. The fraction of sp³-hybridized carbons (Fsp3) is 0.462. The highest BCUT2D eigenvalue weighted by Gasteiger charge is 2.25. The average molecular weight is 401 g/mol. The third-order valence-corrected chi connectivity index (χ3v) is 4.91. The van der Waals surface area contributed by atoms with Gasteiger partial charge in [-0.1, -0.05) is 36.2 Å². The van der Waals surface area contributed by atoms with Crippen LogP contribution in [0.1, 0.15) is 30.6 Å². The smallest absolute Gasteiger partial charge is 0.264 e. The summed E-state index contributed by atoms with van der Waals surface area (Å²) in [5.41, 5.74) is -0.325. The van der Waals surface area contributed by atoms with Crippen LogP contribution < -0.4 is 0 Å². The van der Waals surface area contributed by atoms with Crippen LogP contribution in [0.5, 0.6) is 0 Å². The van der Waals surface area contributed by atoms with Crippen LogP contribution >= 0.6 is 26.6 Å². The average Bonchev–Trinajstić information content (AvgIpc) is 2.38. The van der Waals surface area contributed by atoms with E-state index in [9.17, 15) is 17.6 Å². The number of rotatable bonds is 5. The zero-order valence-electron chi connectivity index (χ0n) is 11.9. The first-order chi connectivity index (χ1) is 9.57. The van der Waals surface area contributed by atoms with Crippen molar-refractivity contribution in [1.82, 2.24) is 4.90 Å². The molecular weight excluding hydrogens is 385 g/mol. The third kappa shape index (κ3) is 4.66. The predicted molar refractivity (Wildman–Crippen MR) is 83.6 cm³/mol. The molecule has 0 bridgehead atoms. The van der Waals surface area contributed by atoms with E-state index in [1.807, 2.05) is 13.8 Å². The van der Waals surface area contributed by atoms with Gasteiger partial charge in [-0.15, -0.1) is 0 Å². The molecule has 0 radical (unpaired) electrons. The van der Waals surface area contributed by atoms with Crippen LogP contribution in [0.3, 0.4) is 0 Å². The lowest BCUT2D eigenvalue weighted by molar-refractivity contribution is 0.0769. The van der Waals surface area contributed by atoms with Crippen molar-refractivity contribution in [1.29, 1.82) is 0 Å². The van der Waals surface area contributed by atoms with Crippen LogP contribution in [-0.2, 0) is 9.05 Å². The summed E-state index contributed by atoms with van der Waals surface area (Å²) >= 11 is 3.06. The molecule has 21 heavy (non-hydrogen) atoms. The second-order valence-electron chi connectivity index (χ2n) is 4.90. The van der Waals surface area contributed by atoms with Crippen LogP contribution in [0.4, 0.5) is 4.39 Å². The number of hydrogen-bond donors (Lipinski definition) is 0. The highest BCUT2D eigenvalue weighted by atomic mass is 79.9. The molecule has 0 aliphatic carbocycles. The molecule has 0 spiro atoms. The molecule has 0 heterocycles. The summed E-state index contributed by atoms with van der Waals surface area (Å²) in [6, 6.07) is 2.28. The number of carbonyl (C=O) groups is 1. The molecule has 0 saturated carbocycles. The highest BCUT2D eigenvalue weighted by molar-refractivity contribution is 9.10. The van der Waals surface area contributed by atoms with E-state index in [4.69, 9.17) is 10.7 Å². The Labute approximate surface area is 136 Å². The Balaban J connectivity index is 3.25. The van der Waals surface area contributed by atoms with Gasteiger partial charge in [0, 0.05) is 28.7 Å². The van der Waals surface area contributed by atoms with E-state index >= 15 is 0 Å². The summed E-state index contributed by atoms with van der Waals surface area (Å²) < 4.78 is 37.2. The Morgan fingerprint density at radius 2 is 2.05 bits per heavy atom. The Hall–Kier alpha value is -0.660. The zero-order valence-corrected chi connectivity index (χ0v) is 15.0. The minimum Gasteiger partial charge on any atom is -0.341 e. The molecule has 0 N–H and O–H groups in total. The Morgan fingerprint density at radius 1 is 1.48 bits per heavy atom. The lowest BCUT2D eigenvalue weighted by Gasteiger charge is -2.21. The Kier molecular flexibility index (Phi) is 6.19. The largest absolute Gasteiger partial charge is 0.341 e. The first-order valence-electron chi connectivity index (χ1n) is 6.27. The van der Waals surface area contributed by atoms with Crippen molar-refractivity contribution in [3.63, 3.8) is 0 Å². The number of nitrogens with zero attached hydrogens (tertiary/aromatic N) is 1.